The van der Waals surface area contributed by atoms with Crippen LogP contribution in [0.3, 0.4) is 0 Å². The number of nitrogens with two attached hydrogens (primary N) is 1. The summed E-state index contributed by atoms with van der Waals surface area (Å²) in [5, 5.41) is 11.8. The average Bonchev–Trinajstić information content (AvgIpc) is 2.79. The number of hydrogen-bond donors (Lipinski definition) is 3. The minimum absolute atomic E-state index is 0.0493. The van der Waals surface area contributed by atoms with Crippen LogP contribution in [0.1, 0.15) is 11.3 Å². The zero-order chi connectivity index (χ0) is 15.1. The van der Waals surface area contributed by atoms with E-state index in [4.69, 9.17) is 28.9 Å². The molecule has 0 radical (unpaired) electrons. The molecule has 21 heavy (non-hydrogen) atoms. The third-order valence-corrected chi connectivity index (χ3v) is 4.07. The van der Waals surface area contributed by atoms with E-state index in [9.17, 15) is 5.11 Å². The van der Waals surface area contributed by atoms with Gasteiger partial charge >= 0.3 is 0 Å². The average molecular weight is 322 g/mol. The molecular formula is C15H13Cl2N3O. The van der Waals surface area contributed by atoms with E-state index >= 15 is 0 Å². The van der Waals surface area contributed by atoms with E-state index in [2.05, 4.69) is 9.97 Å². The maximum absolute atomic E-state index is 10.1. The number of hydrogen-bond acceptors (Lipinski definition) is 3. The summed E-state index contributed by atoms with van der Waals surface area (Å²) in [6.45, 7) is 2.19. The molecule has 0 aliphatic heterocycles. The first kappa shape index (κ1) is 14.2. The second-order valence-corrected chi connectivity index (χ2v) is 5.62. The molecule has 2 aromatic heterocycles. The van der Waals surface area contributed by atoms with Crippen LogP contribution in [0.15, 0.2) is 24.4 Å². The van der Waals surface area contributed by atoms with Crippen LogP contribution in [0.4, 0.5) is 0 Å². The predicted molar refractivity (Wildman–Crippen MR) is 85.8 cm³/mol. The Kier molecular flexibility index (Phi) is 3.53. The van der Waals surface area contributed by atoms with Crippen molar-refractivity contribution in [1.82, 2.24) is 9.97 Å². The summed E-state index contributed by atoms with van der Waals surface area (Å²) in [6.07, 6.45) is 1.66. The number of nitrogens with one attached hydrogen (secondary N) is 1. The van der Waals surface area contributed by atoms with Gasteiger partial charge in [0.2, 0.25) is 0 Å². The number of aryl methyl sites for hydroxylation is 1. The number of aromatic nitrogens is 2. The summed E-state index contributed by atoms with van der Waals surface area (Å²) in [5.41, 5.74) is 9.77. The Bertz CT molecular complexity index is 843. The number of aromatic hydroxyl groups is 1. The van der Waals surface area contributed by atoms with Gasteiger partial charge in [0.15, 0.2) is 5.88 Å². The predicted octanol–water partition coefficient (Wildman–Crippen LogP) is 4.01. The van der Waals surface area contributed by atoms with Crippen LogP contribution in [0, 0.1) is 6.92 Å². The second-order valence-electron chi connectivity index (χ2n) is 4.78. The van der Waals surface area contributed by atoms with E-state index in [0.717, 1.165) is 22.4 Å². The highest BCUT2D eigenvalue weighted by Crippen LogP contribution is 2.40. The molecule has 0 bridgehead atoms. The van der Waals surface area contributed by atoms with Crippen molar-refractivity contribution >= 4 is 34.1 Å². The molecule has 4 N–H and O–H groups in total. The van der Waals surface area contributed by atoms with E-state index in [1.807, 2.05) is 13.0 Å². The number of pyridine rings is 1. The summed E-state index contributed by atoms with van der Waals surface area (Å²) in [5.74, 6) is 0.0493. The Labute approximate surface area is 131 Å². The molecule has 0 aliphatic carbocycles. The molecule has 0 spiro atoms. The molecule has 2 heterocycles. The van der Waals surface area contributed by atoms with Gasteiger partial charge in [-0.1, -0.05) is 29.3 Å². The Morgan fingerprint density at radius 1 is 1.33 bits per heavy atom. The fraction of sp³-hybridized carbons (Fsp3) is 0.133. The highest BCUT2D eigenvalue weighted by molar-refractivity contribution is 6.36. The highest BCUT2D eigenvalue weighted by Gasteiger charge is 2.19. The fourth-order valence-electron chi connectivity index (χ4n) is 2.56. The monoisotopic (exact) mass is 321 g/mol. The quantitative estimate of drug-likeness (QED) is 0.667. The molecule has 0 atom stereocenters. The molecule has 0 amide bonds. The van der Waals surface area contributed by atoms with Crippen molar-refractivity contribution in [3.05, 3.63) is 45.7 Å². The third kappa shape index (κ3) is 2.25. The van der Waals surface area contributed by atoms with Gasteiger partial charge in [-0.05, 0) is 24.6 Å². The molecule has 0 aliphatic rings. The van der Waals surface area contributed by atoms with Crippen LogP contribution in [0.2, 0.25) is 10.0 Å². The Balaban J connectivity index is 2.46. The minimum Gasteiger partial charge on any atom is -0.494 e. The first-order valence-corrected chi connectivity index (χ1v) is 7.13. The lowest BCUT2D eigenvalue weighted by atomic mass is 9.95. The van der Waals surface area contributed by atoms with E-state index in [1.54, 1.807) is 18.3 Å². The lowest BCUT2D eigenvalue weighted by molar-refractivity contribution is 0.463. The van der Waals surface area contributed by atoms with Crippen LogP contribution in [-0.4, -0.2) is 15.1 Å². The number of rotatable bonds is 2. The van der Waals surface area contributed by atoms with E-state index < -0.39 is 0 Å². The molecule has 0 saturated carbocycles. The Morgan fingerprint density at radius 2 is 2.10 bits per heavy atom. The first-order valence-electron chi connectivity index (χ1n) is 6.38. The molecular weight excluding hydrogens is 309 g/mol. The lowest BCUT2D eigenvalue weighted by Crippen LogP contribution is -2.04. The minimum atomic E-state index is 0.0493. The number of nitrogens with zero attached hydrogens (tertiary/aromatic N) is 1. The smallest absolute Gasteiger partial charge is 0.198 e. The number of benzene rings is 1. The fourth-order valence-corrected chi connectivity index (χ4v) is 3.06. The number of H-pyrrole nitrogens is 1. The second kappa shape index (κ2) is 5.22. The van der Waals surface area contributed by atoms with Crippen molar-refractivity contribution in [3.63, 3.8) is 0 Å². The molecule has 3 aromatic rings. The van der Waals surface area contributed by atoms with E-state index in [1.165, 1.54) is 0 Å². The Morgan fingerprint density at radius 3 is 2.76 bits per heavy atom. The Hall–Kier alpha value is -1.75. The van der Waals surface area contributed by atoms with Gasteiger partial charge in [-0.2, -0.15) is 0 Å². The van der Waals surface area contributed by atoms with Gasteiger partial charge in [0.1, 0.15) is 0 Å². The summed E-state index contributed by atoms with van der Waals surface area (Å²) in [6, 6.07) is 5.25. The molecule has 0 fully saturated rings. The van der Waals surface area contributed by atoms with Crippen LogP contribution < -0.4 is 5.73 Å². The highest BCUT2D eigenvalue weighted by atomic mass is 35.5. The molecule has 108 valence electrons. The topological polar surface area (TPSA) is 74.9 Å². The van der Waals surface area contributed by atoms with Crippen molar-refractivity contribution in [1.29, 1.82) is 0 Å². The molecule has 4 nitrogen and oxygen atoms in total. The van der Waals surface area contributed by atoms with Crippen LogP contribution in [0.5, 0.6) is 5.88 Å². The SMILES string of the molecule is Cc1nc2c[nH]c(O)c2c(-c2ccc(Cl)cc2Cl)c1CN. The van der Waals surface area contributed by atoms with Gasteiger partial charge in [0.05, 0.1) is 10.9 Å². The number of halogens is 2. The van der Waals surface area contributed by atoms with Crippen molar-refractivity contribution < 1.29 is 5.11 Å². The standard InChI is InChI=1S/C15H13Cl2N3O/c1-7-10(5-18)13(9-3-2-8(16)4-11(9)17)14-12(20-7)6-19-15(14)21/h2-4,6,19,21H,5,18H2,1H3. The van der Waals surface area contributed by atoms with Crippen molar-refractivity contribution in [2.75, 3.05) is 0 Å². The number of aromatic amines is 1. The van der Waals surface area contributed by atoms with E-state index in [-0.39, 0.29) is 5.88 Å². The van der Waals surface area contributed by atoms with Crippen LogP contribution in [0.25, 0.3) is 22.0 Å². The maximum Gasteiger partial charge on any atom is 0.198 e. The largest absolute Gasteiger partial charge is 0.494 e. The van der Waals surface area contributed by atoms with Crippen LogP contribution in [-0.2, 0) is 6.54 Å². The first-order chi connectivity index (χ1) is 10.0. The summed E-state index contributed by atoms with van der Waals surface area (Å²) < 4.78 is 0. The normalized spacial score (nSPS) is 11.2. The molecule has 1 aromatic carbocycles. The van der Waals surface area contributed by atoms with Gasteiger partial charge in [-0.15, -0.1) is 0 Å². The van der Waals surface area contributed by atoms with Crippen molar-refractivity contribution in [3.8, 4) is 17.0 Å². The lowest BCUT2D eigenvalue weighted by Gasteiger charge is -2.14. The van der Waals surface area contributed by atoms with Crippen molar-refractivity contribution in [2.24, 2.45) is 5.73 Å². The summed E-state index contributed by atoms with van der Waals surface area (Å²) >= 11 is 12.3. The zero-order valence-corrected chi connectivity index (χ0v) is 12.8. The molecule has 0 unspecified atom stereocenters. The third-order valence-electron chi connectivity index (χ3n) is 3.52. The summed E-state index contributed by atoms with van der Waals surface area (Å²) in [4.78, 5) is 7.24. The van der Waals surface area contributed by atoms with Gasteiger partial charge in [-0.3, -0.25) is 4.98 Å². The molecule has 6 heteroatoms. The van der Waals surface area contributed by atoms with Crippen LogP contribution >= 0.6 is 23.2 Å². The van der Waals surface area contributed by atoms with Gasteiger partial charge in [0, 0.05) is 39.6 Å². The zero-order valence-electron chi connectivity index (χ0n) is 11.2. The summed E-state index contributed by atoms with van der Waals surface area (Å²) in [7, 11) is 0. The van der Waals surface area contributed by atoms with Gasteiger partial charge in [0.25, 0.3) is 0 Å². The maximum atomic E-state index is 10.1. The van der Waals surface area contributed by atoms with E-state index in [0.29, 0.717) is 27.5 Å². The van der Waals surface area contributed by atoms with Gasteiger partial charge in [-0.25, -0.2) is 0 Å². The molecule has 0 saturated heterocycles. The number of fused-ring (bicyclic) bond motifs is 1. The molecule has 3 rings (SSSR count). The van der Waals surface area contributed by atoms with Crippen molar-refractivity contribution in [2.45, 2.75) is 13.5 Å². The van der Waals surface area contributed by atoms with Gasteiger partial charge < -0.3 is 15.8 Å².